The van der Waals surface area contributed by atoms with Crippen molar-refractivity contribution >= 4 is 0 Å². The van der Waals surface area contributed by atoms with E-state index in [1.165, 1.54) is 6.07 Å². The average molecular weight is 414 g/mol. The van der Waals surface area contributed by atoms with Crippen molar-refractivity contribution in [1.82, 2.24) is 24.7 Å². The smallest absolute Gasteiger partial charge is 0.145 e. The fraction of sp³-hybridized carbons (Fsp3) is 0.500. The zero-order valence-electron chi connectivity index (χ0n) is 19.8. The minimum atomic E-state index is -0.222. The van der Waals surface area contributed by atoms with Crippen LogP contribution in [0.2, 0.25) is 0 Å². The fourth-order valence-electron chi connectivity index (χ4n) is 2.29. The molecular formula is C24H36FN5. The van der Waals surface area contributed by atoms with Gasteiger partial charge in [-0.3, -0.25) is 9.67 Å². The lowest BCUT2D eigenvalue weighted by Gasteiger charge is -2.18. The van der Waals surface area contributed by atoms with Crippen LogP contribution in [0.25, 0.3) is 0 Å². The molecule has 0 bridgehead atoms. The van der Waals surface area contributed by atoms with Crippen molar-refractivity contribution in [2.24, 2.45) is 0 Å². The molecule has 0 aliphatic rings. The van der Waals surface area contributed by atoms with E-state index in [-0.39, 0.29) is 22.2 Å². The van der Waals surface area contributed by atoms with Crippen molar-refractivity contribution in [2.45, 2.75) is 78.7 Å². The minimum Gasteiger partial charge on any atom is -0.268 e. The molecule has 0 N–H and O–H groups in total. The van der Waals surface area contributed by atoms with Gasteiger partial charge in [0.15, 0.2) is 0 Å². The molecule has 3 aromatic rings. The van der Waals surface area contributed by atoms with Crippen LogP contribution >= 0.6 is 0 Å². The fourth-order valence-corrected chi connectivity index (χ4v) is 2.29. The zero-order chi connectivity index (χ0) is 23.0. The van der Waals surface area contributed by atoms with Crippen LogP contribution in [-0.4, -0.2) is 24.7 Å². The molecule has 0 aromatic carbocycles. The molecule has 0 atom stereocenters. The maximum atomic E-state index is 13.0. The van der Waals surface area contributed by atoms with Crippen molar-refractivity contribution in [1.29, 1.82) is 0 Å². The van der Waals surface area contributed by atoms with Crippen LogP contribution in [0.5, 0.6) is 0 Å². The van der Waals surface area contributed by atoms with E-state index in [2.05, 4.69) is 61.6 Å². The molecular weight excluding hydrogens is 377 g/mol. The van der Waals surface area contributed by atoms with E-state index >= 15 is 0 Å². The first-order valence-corrected chi connectivity index (χ1v) is 10.1. The maximum absolute atomic E-state index is 13.0. The largest absolute Gasteiger partial charge is 0.268 e. The molecule has 5 nitrogen and oxygen atoms in total. The summed E-state index contributed by atoms with van der Waals surface area (Å²) in [7, 11) is 0. The van der Waals surface area contributed by atoms with Gasteiger partial charge in [0, 0.05) is 41.8 Å². The number of aromatic nitrogens is 5. The van der Waals surface area contributed by atoms with E-state index in [4.69, 9.17) is 0 Å². The zero-order valence-corrected chi connectivity index (χ0v) is 19.8. The predicted molar refractivity (Wildman–Crippen MR) is 121 cm³/mol. The molecule has 3 aromatic heterocycles. The first-order chi connectivity index (χ1) is 13.7. The Morgan fingerprint density at radius 1 is 0.700 bits per heavy atom. The molecule has 0 radical (unpaired) electrons. The average Bonchev–Trinajstić information content (AvgIpc) is 3.17. The number of pyridine rings is 1. The number of halogens is 1. The summed E-state index contributed by atoms with van der Waals surface area (Å²) < 4.78 is 15.0. The standard InChI is InChI=1S/C9H12FN.C8H12N2.C7H12N2/c1-9(2,3)8-7(10)5-4-6-11-8;1-8(2,3)7-9-5-4-6-10-7;1-7(2,3)9-6-4-5-8-9/h4-6H,1-3H3;4-6H,1-3H3;4-6H,1-3H3. The first-order valence-electron chi connectivity index (χ1n) is 10.1. The Kier molecular flexibility index (Phi) is 8.82. The normalized spacial score (nSPS) is 11.7. The molecule has 0 amide bonds. The Bertz CT molecular complexity index is 855. The van der Waals surface area contributed by atoms with E-state index in [9.17, 15) is 4.39 Å². The van der Waals surface area contributed by atoms with Gasteiger partial charge in [-0.2, -0.15) is 5.10 Å². The molecule has 3 heterocycles. The van der Waals surface area contributed by atoms with Crippen molar-refractivity contribution < 1.29 is 4.39 Å². The second-order valence-corrected chi connectivity index (χ2v) is 10.0. The highest BCUT2D eigenvalue weighted by atomic mass is 19.1. The van der Waals surface area contributed by atoms with Gasteiger partial charge in [-0.1, -0.05) is 41.5 Å². The quantitative estimate of drug-likeness (QED) is 0.458. The highest BCUT2D eigenvalue weighted by Crippen LogP contribution is 2.21. The summed E-state index contributed by atoms with van der Waals surface area (Å²) in [5.74, 6) is 0.676. The Labute approximate surface area is 180 Å². The van der Waals surface area contributed by atoms with Gasteiger partial charge in [-0.15, -0.1) is 0 Å². The van der Waals surface area contributed by atoms with Crippen LogP contribution in [0.15, 0.2) is 55.2 Å². The topological polar surface area (TPSA) is 56.5 Å². The number of hydrogen-bond acceptors (Lipinski definition) is 4. The Morgan fingerprint density at radius 2 is 1.27 bits per heavy atom. The summed E-state index contributed by atoms with van der Waals surface area (Å²) in [5, 5.41) is 4.10. The third-order valence-electron chi connectivity index (χ3n) is 3.90. The first kappa shape index (κ1) is 25.4. The molecule has 0 fully saturated rings. The Morgan fingerprint density at radius 3 is 1.57 bits per heavy atom. The molecule has 0 unspecified atom stereocenters. The molecule has 0 saturated carbocycles. The van der Waals surface area contributed by atoms with Crippen molar-refractivity contribution in [3.63, 3.8) is 0 Å². The third-order valence-corrected chi connectivity index (χ3v) is 3.90. The second kappa shape index (κ2) is 10.4. The number of rotatable bonds is 0. The van der Waals surface area contributed by atoms with Gasteiger partial charge in [-0.25, -0.2) is 14.4 Å². The Hall–Kier alpha value is -2.63. The summed E-state index contributed by atoms with van der Waals surface area (Å²) in [5.41, 5.74) is 0.524. The van der Waals surface area contributed by atoms with E-state index in [1.54, 1.807) is 30.9 Å². The van der Waals surface area contributed by atoms with E-state index in [0.29, 0.717) is 5.69 Å². The number of hydrogen-bond donors (Lipinski definition) is 0. The molecule has 164 valence electrons. The van der Waals surface area contributed by atoms with Gasteiger partial charge in [-0.05, 0) is 45.0 Å². The number of nitrogens with zero attached hydrogens (tertiary/aromatic N) is 5. The molecule has 0 aliphatic heterocycles. The summed E-state index contributed by atoms with van der Waals surface area (Å²) in [6.07, 6.45) is 8.93. The van der Waals surface area contributed by atoms with Crippen LogP contribution in [0.3, 0.4) is 0 Å². The third kappa shape index (κ3) is 8.80. The van der Waals surface area contributed by atoms with Crippen molar-refractivity contribution in [2.75, 3.05) is 0 Å². The van der Waals surface area contributed by atoms with E-state index in [0.717, 1.165) is 5.82 Å². The van der Waals surface area contributed by atoms with Crippen LogP contribution in [0.1, 0.15) is 73.8 Å². The highest BCUT2D eigenvalue weighted by molar-refractivity contribution is 5.15. The van der Waals surface area contributed by atoms with Gasteiger partial charge < -0.3 is 0 Å². The lowest BCUT2D eigenvalue weighted by Crippen LogP contribution is -2.21. The van der Waals surface area contributed by atoms with Gasteiger partial charge in [0.25, 0.3) is 0 Å². The lowest BCUT2D eigenvalue weighted by atomic mass is 9.91. The van der Waals surface area contributed by atoms with Gasteiger partial charge >= 0.3 is 0 Å². The maximum Gasteiger partial charge on any atom is 0.145 e. The van der Waals surface area contributed by atoms with Gasteiger partial charge in [0.1, 0.15) is 11.6 Å². The highest BCUT2D eigenvalue weighted by Gasteiger charge is 2.19. The van der Waals surface area contributed by atoms with E-state index in [1.807, 2.05) is 43.8 Å². The van der Waals surface area contributed by atoms with Crippen LogP contribution < -0.4 is 0 Å². The summed E-state index contributed by atoms with van der Waals surface area (Å²) in [4.78, 5) is 12.3. The van der Waals surface area contributed by atoms with Crippen molar-refractivity contribution in [3.05, 3.63) is 72.6 Å². The second-order valence-electron chi connectivity index (χ2n) is 10.0. The minimum absolute atomic E-state index is 0.0707. The molecule has 30 heavy (non-hydrogen) atoms. The van der Waals surface area contributed by atoms with Crippen molar-refractivity contribution in [3.8, 4) is 0 Å². The van der Waals surface area contributed by atoms with Gasteiger partial charge in [0.05, 0.1) is 11.2 Å². The van der Waals surface area contributed by atoms with Crippen LogP contribution in [0.4, 0.5) is 4.39 Å². The summed E-state index contributed by atoms with van der Waals surface area (Å²) in [6, 6.07) is 6.80. The SMILES string of the molecule is CC(C)(C)c1ncccc1F.CC(C)(C)c1ncccn1.CC(C)(C)n1cccn1. The van der Waals surface area contributed by atoms with E-state index < -0.39 is 0 Å². The molecule has 0 saturated heterocycles. The monoisotopic (exact) mass is 413 g/mol. The van der Waals surface area contributed by atoms with Crippen LogP contribution in [-0.2, 0) is 16.4 Å². The van der Waals surface area contributed by atoms with Crippen LogP contribution in [0, 0.1) is 5.82 Å². The molecule has 0 aliphatic carbocycles. The Balaban J connectivity index is 0.000000226. The summed E-state index contributed by atoms with van der Waals surface area (Å²) >= 11 is 0. The lowest BCUT2D eigenvalue weighted by molar-refractivity contribution is 0.355. The summed E-state index contributed by atoms with van der Waals surface area (Å²) in [6.45, 7) is 18.5. The van der Waals surface area contributed by atoms with Gasteiger partial charge in [0.2, 0.25) is 0 Å². The molecule has 0 spiro atoms. The molecule has 6 heteroatoms. The predicted octanol–water partition coefficient (Wildman–Crippen LogP) is 5.93. The molecule has 3 rings (SSSR count).